The number of ether oxygens (including phenoxy) is 1. The smallest absolute Gasteiger partial charge is 0.282 e. The van der Waals surface area contributed by atoms with Gasteiger partial charge in [-0.1, -0.05) is 12.1 Å². The molecule has 0 fully saturated rings. The maximum absolute atomic E-state index is 13.2. The van der Waals surface area contributed by atoms with E-state index in [0.29, 0.717) is 0 Å². The zero-order valence-corrected chi connectivity index (χ0v) is 11.4. The van der Waals surface area contributed by atoms with Gasteiger partial charge in [-0.2, -0.15) is 0 Å². The van der Waals surface area contributed by atoms with Gasteiger partial charge in [0.25, 0.3) is 11.6 Å². The predicted octanol–water partition coefficient (Wildman–Crippen LogP) is 1.94. The molecule has 0 aliphatic carbocycles. The Morgan fingerprint density at radius 1 is 1.32 bits per heavy atom. The number of hydrogen-bond donors (Lipinski definition) is 1. The number of rotatable bonds is 6. The molecule has 8 heteroatoms. The van der Waals surface area contributed by atoms with Gasteiger partial charge in [-0.05, 0) is 18.2 Å². The summed E-state index contributed by atoms with van der Waals surface area (Å²) >= 11 is 0. The Labute approximate surface area is 124 Å². The third-order valence-corrected chi connectivity index (χ3v) is 2.70. The Bertz CT molecular complexity index is 693. The Hall–Kier alpha value is -3.03. The van der Waals surface area contributed by atoms with Crippen molar-refractivity contribution in [3.05, 3.63) is 64.1 Å². The van der Waals surface area contributed by atoms with Crippen molar-refractivity contribution < 1.29 is 18.8 Å². The van der Waals surface area contributed by atoms with Crippen molar-refractivity contribution in [1.29, 1.82) is 0 Å². The molecule has 0 saturated carbocycles. The van der Waals surface area contributed by atoms with Gasteiger partial charge in [-0.15, -0.1) is 0 Å². The lowest BCUT2D eigenvalue weighted by Crippen LogP contribution is -2.28. The van der Waals surface area contributed by atoms with Crippen LogP contribution in [0, 0.1) is 15.9 Å². The summed E-state index contributed by atoms with van der Waals surface area (Å²) in [5.74, 6) is -1.37. The van der Waals surface area contributed by atoms with Crippen LogP contribution in [0.3, 0.4) is 0 Å². The molecule has 2 aromatic rings. The van der Waals surface area contributed by atoms with Crippen LogP contribution < -0.4 is 10.1 Å². The van der Waals surface area contributed by atoms with Crippen molar-refractivity contribution in [1.82, 2.24) is 10.3 Å². The van der Waals surface area contributed by atoms with Crippen molar-refractivity contribution in [2.45, 2.75) is 0 Å². The number of halogens is 1. The van der Waals surface area contributed by atoms with Crippen molar-refractivity contribution in [3.8, 4) is 5.88 Å². The van der Waals surface area contributed by atoms with Crippen LogP contribution in [0.15, 0.2) is 42.6 Å². The van der Waals surface area contributed by atoms with E-state index >= 15 is 0 Å². The van der Waals surface area contributed by atoms with E-state index in [0.717, 1.165) is 0 Å². The summed E-state index contributed by atoms with van der Waals surface area (Å²) < 4.78 is 18.3. The lowest BCUT2D eigenvalue weighted by molar-refractivity contribution is -0.385. The molecule has 0 atom stereocenters. The third kappa shape index (κ3) is 3.75. The maximum atomic E-state index is 13.2. The van der Waals surface area contributed by atoms with Crippen LogP contribution >= 0.6 is 0 Å². The third-order valence-electron chi connectivity index (χ3n) is 2.70. The molecule has 114 valence electrons. The first-order valence-corrected chi connectivity index (χ1v) is 6.34. The minimum absolute atomic E-state index is 0.0136. The van der Waals surface area contributed by atoms with Gasteiger partial charge in [0, 0.05) is 12.3 Å². The van der Waals surface area contributed by atoms with Crippen LogP contribution in [-0.4, -0.2) is 29.0 Å². The number of nitro groups is 1. The summed E-state index contributed by atoms with van der Waals surface area (Å²) in [4.78, 5) is 25.8. The number of amides is 1. The minimum Gasteiger partial charge on any atom is -0.474 e. The number of pyridine rings is 1. The van der Waals surface area contributed by atoms with Crippen LogP contribution in [0.5, 0.6) is 5.88 Å². The quantitative estimate of drug-likeness (QED) is 0.500. The fourth-order valence-corrected chi connectivity index (χ4v) is 1.71. The standard InChI is InChI=1S/C14H12FN3O4/c15-11-5-3-7-17-14(11)22-9-8-16-13(19)10-4-1-2-6-12(10)18(20)21/h1-7H,8-9H2,(H,16,19). The van der Waals surface area contributed by atoms with E-state index in [2.05, 4.69) is 10.3 Å². The van der Waals surface area contributed by atoms with Crippen molar-refractivity contribution in [3.63, 3.8) is 0 Å². The number of nitro benzene ring substituents is 1. The molecule has 1 aromatic carbocycles. The highest BCUT2D eigenvalue weighted by Gasteiger charge is 2.18. The van der Waals surface area contributed by atoms with E-state index in [1.807, 2.05) is 0 Å². The highest BCUT2D eigenvalue weighted by atomic mass is 19.1. The van der Waals surface area contributed by atoms with E-state index in [4.69, 9.17) is 4.74 Å². The molecular weight excluding hydrogens is 293 g/mol. The summed E-state index contributed by atoms with van der Waals surface area (Å²) in [6.07, 6.45) is 1.38. The predicted molar refractivity (Wildman–Crippen MR) is 75.1 cm³/mol. The topological polar surface area (TPSA) is 94.4 Å². The van der Waals surface area contributed by atoms with Gasteiger partial charge >= 0.3 is 0 Å². The second kappa shape index (κ2) is 7.11. The molecule has 1 aromatic heterocycles. The zero-order valence-electron chi connectivity index (χ0n) is 11.4. The number of nitrogens with one attached hydrogen (secondary N) is 1. The first kappa shape index (κ1) is 15.4. The largest absolute Gasteiger partial charge is 0.474 e. The average molecular weight is 305 g/mol. The number of aromatic nitrogens is 1. The summed E-state index contributed by atoms with van der Waals surface area (Å²) in [6, 6.07) is 8.23. The molecule has 0 spiro atoms. The molecule has 2 rings (SSSR count). The summed E-state index contributed by atoms with van der Waals surface area (Å²) in [5.41, 5.74) is -0.326. The number of benzene rings is 1. The van der Waals surface area contributed by atoms with E-state index < -0.39 is 16.6 Å². The Kier molecular flexibility index (Phi) is 4.97. The van der Waals surface area contributed by atoms with Gasteiger partial charge in [0.2, 0.25) is 5.88 Å². The number of nitrogens with zero attached hydrogens (tertiary/aromatic N) is 2. The molecule has 22 heavy (non-hydrogen) atoms. The van der Waals surface area contributed by atoms with E-state index in [-0.39, 0.29) is 30.3 Å². The van der Waals surface area contributed by atoms with E-state index in [9.17, 15) is 19.3 Å². The second-order valence-electron chi connectivity index (χ2n) is 4.17. The van der Waals surface area contributed by atoms with Gasteiger partial charge in [0.1, 0.15) is 12.2 Å². The fraction of sp³-hybridized carbons (Fsp3) is 0.143. The van der Waals surface area contributed by atoms with Crippen molar-refractivity contribution in [2.75, 3.05) is 13.2 Å². The Balaban J connectivity index is 1.89. The molecular formula is C14H12FN3O4. The lowest BCUT2D eigenvalue weighted by atomic mass is 10.1. The van der Waals surface area contributed by atoms with Crippen LogP contribution in [0.4, 0.5) is 10.1 Å². The highest BCUT2D eigenvalue weighted by Crippen LogP contribution is 2.17. The Morgan fingerprint density at radius 3 is 2.82 bits per heavy atom. The van der Waals surface area contributed by atoms with Crippen molar-refractivity contribution in [2.24, 2.45) is 0 Å². The second-order valence-corrected chi connectivity index (χ2v) is 4.17. The van der Waals surface area contributed by atoms with Crippen LogP contribution in [0.2, 0.25) is 0 Å². The number of para-hydroxylation sites is 1. The lowest BCUT2D eigenvalue weighted by Gasteiger charge is -2.07. The van der Waals surface area contributed by atoms with Gasteiger partial charge in [-0.25, -0.2) is 9.37 Å². The van der Waals surface area contributed by atoms with Crippen LogP contribution in [0.1, 0.15) is 10.4 Å². The molecule has 0 bridgehead atoms. The van der Waals surface area contributed by atoms with Crippen LogP contribution in [-0.2, 0) is 0 Å². The summed E-state index contributed by atoms with van der Waals surface area (Å²) in [5, 5.41) is 13.3. The van der Waals surface area contributed by atoms with E-state index in [1.165, 1.54) is 42.6 Å². The fourth-order valence-electron chi connectivity index (χ4n) is 1.71. The number of carbonyl (C=O) groups is 1. The van der Waals surface area contributed by atoms with Gasteiger partial charge in [0.15, 0.2) is 5.82 Å². The molecule has 1 amide bonds. The number of hydrogen-bond acceptors (Lipinski definition) is 5. The molecule has 0 unspecified atom stereocenters. The Morgan fingerprint density at radius 2 is 2.09 bits per heavy atom. The average Bonchev–Trinajstić information content (AvgIpc) is 2.52. The first-order valence-electron chi connectivity index (χ1n) is 6.34. The molecule has 0 saturated heterocycles. The molecule has 1 heterocycles. The van der Waals surface area contributed by atoms with Gasteiger partial charge in [0.05, 0.1) is 11.5 Å². The molecule has 0 aliphatic heterocycles. The van der Waals surface area contributed by atoms with Gasteiger partial charge in [-0.3, -0.25) is 14.9 Å². The highest BCUT2D eigenvalue weighted by molar-refractivity contribution is 5.98. The monoisotopic (exact) mass is 305 g/mol. The normalized spacial score (nSPS) is 10.0. The minimum atomic E-state index is -0.630. The molecule has 0 aliphatic rings. The first-order chi connectivity index (χ1) is 10.6. The molecule has 1 N–H and O–H groups in total. The maximum Gasteiger partial charge on any atom is 0.282 e. The van der Waals surface area contributed by atoms with Crippen molar-refractivity contribution >= 4 is 11.6 Å². The summed E-state index contributed by atoms with van der Waals surface area (Å²) in [7, 11) is 0. The SMILES string of the molecule is O=C(NCCOc1ncccc1F)c1ccccc1[N+](=O)[O-]. The summed E-state index contributed by atoms with van der Waals surface area (Å²) in [6.45, 7) is 0.0429. The molecule has 0 radical (unpaired) electrons. The van der Waals surface area contributed by atoms with Crippen LogP contribution in [0.25, 0.3) is 0 Å². The van der Waals surface area contributed by atoms with Gasteiger partial charge < -0.3 is 10.1 Å². The zero-order chi connectivity index (χ0) is 15.9. The molecule has 7 nitrogen and oxygen atoms in total. The number of carbonyl (C=O) groups excluding carboxylic acids is 1. The van der Waals surface area contributed by atoms with E-state index in [1.54, 1.807) is 0 Å².